The van der Waals surface area contributed by atoms with Crippen molar-refractivity contribution in [2.24, 2.45) is 0 Å². The van der Waals surface area contributed by atoms with Crippen LogP contribution in [0.15, 0.2) is 42.6 Å². The molecule has 0 amide bonds. The number of hydrogen-bond donors (Lipinski definition) is 1. The summed E-state index contributed by atoms with van der Waals surface area (Å²) in [7, 11) is 0. The molecule has 0 aliphatic rings. The van der Waals surface area contributed by atoms with E-state index in [4.69, 9.17) is 9.94 Å². The van der Waals surface area contributed by atoms with E-state index >= 15 is 0 Å². The first-order valence-electron chi connectivity index (χ1n) is 6.09. The minimum Gasteiger partial charge on any atom is -0.762 e. The summed E-state index contributed by atoms with van der Waals surface area (Å²) in [4.78, 5) is 4.19. The van der Waals surface area contributed by atoms with Gasteiger partial charge >= 0.3 is 0 Å². The van der Waals surface area contributed by atoms with E-state index < -0.39 is 0 Å². The van der Waals surface area contributed by atoms with E-state index in [0.29, 0.717) is 12.2 Å². The number of ether oxygens (including phenoxy) is 1. The first kappa shape index (κ1) is 14.4. The van der Waals surface area contributed by atoms with Crippen LogP contribution in [-0.2, 0) is 13.0 Å². The molecule has 0 fully saturated rings. The lowest BCUT2D eigenvalue weighted by molar-refractivity contribution is -0.0391. The Balaban J connectivity index is 1.85. The van der Waals surface area contributed by atoms with Crippen LogP contribution in [0.2, 0.25) is 0 Å². The molecule has 0 spiro atoms. The van der Waals surface area contributed by atoms with Crippen LogP contribution in [0.25, 0.3) is 0 Å². The highest BCUT2D eigenvalue weighted by atomic mass is 19.1. The number of nitrogens with zero attached hydrogens (tertiary/aromatic N) is 2. The minimum absolute atomic E-state index is 0.00705. The number of halogens is 1. The maximum Gasteiger partial charge on any atom is 0.130 e. The van der Waals surface area contributed by atoms with E-state index in [1.54, 1.807) is 24.4 Å². The van der Waals surface area contributed by atoms with E-state index in [2.05, 4.69) is 4.98 Å². The average molecular weight is 277 g/mol. The van der Waals surface area contributed by atoms with Gasteiger partial charge in [0.2, 0.25) is 0 Å². The molecule has 1 aromatic carbocycles. The minimum atomic E-state index is -0.309. The summed E-state index contributed by atoms with van der Waals surface area (Å²) >= 11 is 0. The fourth-order valence-electron chi connectivity index (χ4n) is 1.60. The first-order valence-corrected chi connectivity index (χ1v) is 6.09. The first-order chi connectivity index (χ1) is 9.63. The molecule has 0 aliphatic heterocycles. The van der Waals surface area contributed by atoms with Gasteiger partial charge in [-0.15, -0.1) is 0 Å². The van der Waals surface area contributed by atoms with Crippen molar-refractivity contribution in [3.05, 3.63) is 64.9 Å². The van der Waals surface area contributed by atoms with Gasteiger partial charge in [-0.3, -0.25) is 10.2 Å². The molecular weight excluding hydrogens is 263 g/mol. The van der Waals surface area contributed by atoms with Crippen molar-refractivity contribution >= 4 is 0 Å². The van der Waals surface area contributed by atoms with Gasteiger partial charge in [0.15, 0.2) is 0 Å². The Kier molecular flexibility index (Phi) is 5.00. The summed E-state index contributed by atoms with van der Waals surface area (Å²) in [6.07, 6.45) is 2.05. The molecule has 0 saturated heterocycles. The van der Waals surface area contributed by atoms with Crippen molar-refractivity contribution in [1.29, 1.82) is 0 Å². The summed E-state index contributed by atoms with van der Waals surface area (Å²) in [5.41, 5.74) is 1.58. The fourth-order valence-corrected chi connectivity index (χ4v) is 1.60. The molecular formula is C14H14FN2O3-. The zero-order valence-electron chi connectivity index (χ0n) is 10.7. The molecule has 2 aromatic rings. The van der Waals surface area contributed by atoms with Crippen molar-refractivity contribution in [1.82, 2.24) is 10.2 Å². The Morgan fingerprint density at radius 2 is 1.95 bits per heavy atom. The smallest absolute Gasteiger partial charge is 0.130 e. The Labute approximate surface area is 115 Å². The molecule has 1 aromatic heterocycles. The third kappa shape index (κ3) is 4.58. The molecule has 0 atom stereocenters. The highest BCUT2D eigenvalue weighted by Gasteiger charge is 1.99. The molecule has 0 unspecified atom stereocenters. The Morgan fingerprint density at radius 1 is 1.20 bits per heavy atom. The molecule has 0 radical (unpaired) electrons. The maximum absolute atomic E-state index is 12.7. The number of pyridine rings is 1. The standard InChI is InChI=1S/C14H14FN2O3/c15-12-2-5-14(6-3-12)20-10-13-4-1-11(9-16-13)7-8-17(18)19/h1-6,9,18H,7-8,10H2/q-1. The molecule has 6 heteroatoms. The summed E-state index contributed by atoms with van der Waals surface area (Å²) in [6.45, 7) is 0.284. The second-order valence-electron chi connectivity index (χ2n) is 4.23. The van der Waals surface area contributed by atoms with Gasteiger partial charge in [-0.1, -0.05) is 6.07 Å². The quantitative estimate of drug-likeness (QED) is 0.822. The fraction of sp³-hybridized carbons (Fsp3) is 0.214. The van der Waals surface area contributed by atoms with Gasteiger partial charge < -0.3 is 15.2 Å². The topological polar surface area (TPSA) is 68.7 Å². The van der Waals surface area contributed by atoms with Crippen LogP contribution in [-0.4, -0.2) is 22.0 Å². The Hall–Kier alpha value is -2.02. The van der Waals surface area contributed by atoms with Crippen LogP contribution in [0, 0.1) is 11.0 Å². The van der Waals surface area contributed by atoms with Gasteiger partial charge in [0.1, 0.15) is 18.2 Å². The monoisotopic (exact) mass is 277 g/mol. The Morgan fingerprint density at radius 3 is 2.55 bits per heavy atom. The van der Waals surface area contributed by atoms with Crippen LogP contribution in [0.4, 0.5) is 4.39 Å². The van der Waals surface area contributed by atoms with Crippen LogP contribution < -0.4 is 4.74 Å². The molecule has 0 bridgehead atoms. The normalized spacial score (nSPS) is 10.8. The molecule has 0 aliphatic carbocycles. The van der Waals surface area contributed by atoms with Crippen molar-refractivity contribution in [2.75, 3.05) is 6.54 Å². The lowest BCUT2D eigenvalue weighted by atomic mass is 10.2. The van der Waals surface area contributed by atoms with Gasteiger partial charge in [-0.25, -0.2) is 4.39 Å². The van der Waals surface area contributed by atoms with Gasteiger partial charge in [0.25, 0.3) is 0 Å². The van der Waals surface area contributed by atoms with Crippen LogP contribution in [0.3, 0.4) is 0 Å². The van der Waals surface area contributed by atoms with E-state index in [1.807, 2.05) is 6.07 Å². The largest absolute Gasteiger partial charge is 0.762 e. The zero-order valence-corrected chi connectivity index (χ0v) is 10.7. The number of hydroxylamine groups is 2. The molecule has 1 N–H and O–H groups in total. The van der Waals surface area contributed by atoms with Gasteiger partial charge in [0.05, 0.1) is 5.69 Å². The predicted molar refractivity (Wildman–Crippen MR) is 70.5 cm³/mol. The summed E-state index contributed by atoms with van der Waals surface area (Å²) < 4.78 is 18.2. The van der Waals surface area contributed by atoms with E-state index in [0.717, 1.165) is 11.3 Å². The van der Waals surface area contributed by atoms with Crippen LogP contribution in [0.1, 0.15) is 11.3 Å². The van der Waals surface area contributed by atoms with Crippen LogP contribution >= 0.6 is 0 Å². The van der Waals surface area contributed by atoms with Crippen molar-refractivity contribution in [3.63, 3.8) is 0 Å². The molecule has 0 saturated carbocycles. The second-order valence-corrected chi connectivity index (χ2v) is 4.23. The summed E-state index contributed by atoms with van der Waals surface area (Å²) in [5.74, 6) is 0.260. The Bertz CT molecular complexity index is 529. The highest BCUT2D eigenvalue weighted by molar-refractivity contribution is 5.22. The molecule has 1 heterocycles. The molecule has 106 valence electrons. The lowest BCUT2D eigenvalue weighted by Crippen LogP contribution is -2.14. The number of rotatable bonds is 6. The van der Waals surface area contributed by atoms with Gasteiger partial charge in [-0.2, -0.15) is 0 Å². The highest BCUT2D eigenvalue weighted by Crippen LogP contribution is 2.13. The van der Waals surface area contributed by atoms with Crippen molar-refractivity contribution in [2.45, 2.75) is 13.0 Å². The zero-order chi connectivity index (χ0) is 14.4. The van der Waals surface area contributed by atoms with E-state index in [9.17, 15) is 9.60 Å². The SMILES string of the molecule is [O-]N(O)CCc1ccc(COc2ccc(F)cc2)nc1. The third-order valence-corrected chi connectivity index (χ3v) is 2.68. The molecule has 20 heavy (non-hydrogen) atoms. The summed E-state index contributed by atoms with van der Waals surface area (Å²) in [5, 5.41) is 18.8. The average Bonchev–Trinajstić information content (AvgIpc) is 2.45. The number of hydrogen-bond acceptors (Lipinski definition) is 5. The van der Waals surface area contributed by atoms with E-state index in [-0.39, 0.29) is 24.2 Å². The van der Waals surface area contributed by atoms with Crippen LogP contribution in [0.5, 0.6) is 5.75 Å². The third-order valence-electron chi connectivity index (χ3n) is 2.68. The van der Waals surface area contributed by atoms with Crippen molar-refractivity contribution < 1.29 is 14.3 Å². The van der Waals surface area contributed by atoms with Crippen molar-refractivity contribution in [3.8, 4) is 5.75 Å². The molecule has 5 nitrogen and oxygen atoms in total. The maximum atomic E-state index is 12.7. The number of benzene rings is 1. The van der Waals surface area contributed by atoms with Gasteiger partial charge in [0, 0.05) is 12.7 Å². The van der Waals surface area contributed by atoms with E-state index in [1.165, 1.54) is 12.1 Å². The van der Waals surface area contributed by atoms with Gasteiger partial charge in [-0.05, 0) is 42.3 Å². The lowest BCUT2D eigenvalue weighted by Gasteiger charge is -2.18. The molecule has 2 rings (SSSR count). The number of aromatic nitrogens is 1. The predicted octanol–water partition coefficient (Wildman–Crippen LogP) is 2.53. The summed E-state index contributed by atoms with van der Waals surface area (Å²) in [6, 6.07) is 9.36. The second kappa shape index (κ2) is 6.95.